The molecule has 0 spiro atoms. The average Bonchev–Trinajstić information content (AvgIpc) is 2.71. The summed E-state index contributed by atoms with van der Waals surface area (Å²) in [5.41, 5.74) is 2.81. The standard InChI is InChI=1S/C16H25N5O4/c1-10-12(11(2)20(3)19-10)9-21(7-8-25-4)15(23)13-5-6-14(22)18-16(24)17-13/h13H,5-9H2,1-4H3,(H2,17,18,22,24)/t13-/m0/s1. The number of aryl methyl sites for hydroxylation is 2. The first-order chi connectivity index (χ1) is 11.8. The number of ether oxygens (including phenoxy) is 1. The van der Waals surface area contributed by atoms with E-state index in [2.05, 4.69) is 15.7 Å². The average molecular weight is 351 g/mol. The van der Waals surface area contributed by atoms with Crippen molar-refractivity contribution in [1.29, 1.82) is 0 Å². The molecule has 1 aliphatic heterocycles. The molecular formula is C16H25N5O4. The molecule has 0 bridgehead atoms. The van der Waals surface area contributed by atoms with Crippen molar-refractivity contribution in [2.24, 2.45) is 7.05 Å². The van der Waals surface area contributed by atoms with E-state index in [0.717, 1.165) is 17.0 Å². The molecule has 1 fully saturated rings. The predicted octanol–water partition coefficient (Wildman–Crippen LogP) is 0.000140. The maximum absolute atomic E-state index is 12.9. The van der Waals surface area contributed by atoms with E-state index in [0.29, 0.717) is 19.7 Å². The van der Waals surface area contributed by atoms with Gasteiger partial charge < -0.3 is 15.0 Å². The summed E-state index contributed by atoms with van der Waals surface area (Å²) in [7, 11) is 3.43. The lowest BCUT2D eigenvalue weighted by Gasteiger charge is -2.27. The van der Waals surface area contributed by atoms with Crippen LogP contribution in [0.3, 0.4) is 0 Å². The molecule has 1 aromatic heterocycles. The fraction of sp³-hybridized carbons (Fsp3) is 0.625. The molecule has 9 nitrogen and oxygen atoms in total. The Morgan fingerprint density at radius 2 is 2.12 bits per heavy atom. The molecule has 0 saturated carbocycles. The minimum atomic E-state index is -0.736. The summed E-state index contributed by atoms with van der Waals surface area (Å²) < 4.78 is 6.88. The first kappa shape index (κ1) is 18.9. The first-order valence-electron chi connectivity index (χ1n) is 8.20. The van der Waals surface area contributed by atoms with Crippen LogP contribution in [-0.2, 0) is 27.9 Å². The van der Waals surface area contributed by atoms with Crippen molar-refractivity contribution in [1.82, 2.24) is 25.3 Å². The Morgan fingerprint density at radius 1 is 1.40 bits per heavy atom. The summed E-state index contributed by atoms with van der Waals surface area (Å²) >= 11 is 0. The minimum absolute atomic E-state index is 0.123. The predicted molar refractivity (Wildman–Crippen MR) is 89.7 cm³/mol. The van der Waals surface area contributed by atoms with Crippen LogP contribution in [0.15, 0.2) is 0 Å². The van der Waals surface area contributed by atoms with Gasteiger partial charge in [-0.3, -0.25) is 19.6 Å². The number of aromatic nitrogens is 2. The van der Waals surface area contributed by atoms with Crippen molar-refractivity contribution in [3.05, 3.63) is 17.0 Å². The number of imide groups is 1. The number of urea groups is 1. The molecule has 2 rings (SSSR count). The molecule has 2 N–H and O–H groups in total. The third kappa shape index (κ3) is 4.56. The third-order valence-electron chi connectivity index (χ3n) is 4.40. The van der Waals surface area contributed by atoms with Gasteiger partial charge in [-0.15, -0.1) is 0 Å². The van der Waals surface area contributed by atoms with Crippen LogP contribution in [0.25, 0.3) is 0 Å². The molecular weight excluding hydrogens is 326 g/mol. The van der Waals surface area contributed by atoms with Gasteiger partial charge in [0.2, 0.25) is 11.8 Å². The number of nitrogens with zero attached hydrogens (tertiary/aromatic N) is 3. The zero-order chi connectivity index (χ0) is 18.6. The molecule has 25 heavy (non-hydrogen) atoms. The van der Waals surface area contributed by atoms with Gasteiger partial charge in [-0.05, 0) is 20.3 Å². The highest BCUT2D eigenvalue weighted by atomic mass is 16.5. The normalized spacial score (nSPS) is 17.7. The van der Waals surface area contributed by atoms with Crippen LogP contribution in [0.4, 0.5) is 4.79 Å². The van der Waals surface area contributed by atoms with E-state index < -0.39 is 12.1 Å². The highest BCUT2D eigenvalue weighted by Crippen LogP contribution is 2.16. The van der Waals surface area contributed by atoms with Crippen molar-refractivity contribution in [3.63, 3.8) is 0 Å². The van der Waals surface area contributed by atoms with Gasteiger partial charge in [0.15, 0.2) is 0 Å². The maximum atomic E-state index is 12.9. The van der Waals surface area contributed by atoms with Gasteiger partial charge in [0.1, 0.15) is 6.04 Å². The summed E-state index contributed by atoms with van der Waals surface area (Å²) in [5.74, 6) is -0.611. The Balaban J connectivity index is 2.19. The van der Waals surface area contributed by atoms with Crippen molar-refractivity contribution in [2.45, 2.75) is 39.3 Å². The fourth-order valence-corrected chi connectivity index (χ4v) is 2.84. The second kappa shape index (κ2) is 8.11. The maximum Gasteiger partial charge on any atom is 0.322 e. The Labute approximate surface area is 146 Å². The highest BCUT2D eigenvalue weighted by molar-refractivity contribution is 5.98. The summed E-state index contributed by atoms with van der Waals surface area (Å²) in [6.07, 6.45) is 0.392. The number of hydrogen-bond acceptors (Lipinski definition) is 5. The van der Waals surface area contributed by atoms with Crippen LogP contribution in [0.2, 0.25) is 0 Å². The lowest BCUT2D eigenvalue weighted by molar-refractivity contribution is -0.134. The summed E-state index contributed by atoms with van der Waals surface area (Å²) in [6, 6.07) is -1.37. The molecule has 138 valence electrons. The summed E-state index contributed by atoms with van der Waals surface area (Å²) in [5, 5.41) is 9.12. The van der Waals surface area contributed by atoms with Gasteiger partial charge in [-0.2, -0.15) is 5.10 Å². The van der Waals surface area contributed by atoms with Crippen LogP contribution in [0.5, 0.6) is 0 Å². The number of rotatable bonds is 6. The molecule has 0 unspecified atom stereocenters. The van der Waals surface area contributed by atoms with Crippen LogP contribution < -0.4 is 10.6 Å². The Hall–Kier alpha value is -2.42. The second-order valence-corrected chi connectivity index (χ2v) is 6.14. The SMILES string of the molecule is COCCN(Cc1c(C)nn(C)c1C)C(=O)[C@@H]1CCC(=O)NC(=O)N1. The van der Waals surface area contributed by atoms with E-state index in [9.17, 15) is 14.4 Å². The summed E-state index contributed by atoms with van der Waals surface area (Å²) in [4.78, 5) is 37.7. The fourth-order valence-electron chi connectivity index (χ4n) is 2.84. The molecule has 1 aliphatic rings. The smallest absolute Gasteiger partial charge is 0.322 e. The lowest BCUT2D eigenvalue weighted by Crippen LogP contribution is -2.50. The molecule has 9 heteroatoms. The molecule has 1 atom stereocenters. The number of amides is 4. The van der Waals surface area contributed by atoms with Gasteiger partial charge in [-0.1, -0.05) is 0 Å². The Morgan fingerprint density at radius 3 is 2.72 bits per heavy atom. The Kier molecular flexibility index (Phi) is 6.13. The lowest BCUT2D eigenvalue weighted by atomic mass is 10.1. The number of carbonyl (C=O) groups is 3. The van der Waals surface area contributed by atoms with E-state index in [1.807, 2.05) is 20.9 Å². The van der Waals surface area contributed by atoms with Gasteiger partial charge in [0, 0.05) is 44.9 Å². The number of carbonyl (C=O) groups excluding carboxylic acids is 3. The van der Waals surface area contributed by atoms with Crippen LogP contribution in [0, 0.1) is 13.8 Å². The molecule has 0 radical (unpaired) electrons. The van der Waals surface area contributed by atoms with E-state index in [-0.39, 0.29) is 24.7 Å². The van der Waals surface area contributed by atoms with E-state index in [1.54, 1.807) is 16.7 Å². The molecule has 0 aliphatic carbocycles. The third-order valence-corrected chi connectivity index (χ3v) is 4.40. The van der Waals surface area contributed by atoms with Crippen molar-refractivity contribution >= 4 is 17.8 Å². The number of methoxy groups -OCH3 is 1. The molecule has 4 amide bonds. The number of hydrogen-bond donors (Lipinski definition) is 2. The van der Waals surface area contributed by atoms with Crippen molar-refractivity contribution in [3.8, 4) is 0 Å². The monoisotopic (exact) mass is 351 g/mol. The molecule has 1 aromatic rings. The van der Waals surface area contributed by atoms with Gasteiger partial charge >= 0.3 is 6.03 Å². The quantitative estimate of drug-likeness (QED) is 0.750. The molecule has 2 heterocycles. The number of nitrogens with one attached hydrogen (secondary N) is 2. The van der Waals surface area contributed by atoms with Crippen LogP contribution >= 0.6 is 0 Å². The van der Waals surface area contributed by atoms with Gasteiger partial charge in [0.25, 0.3) is 0 Å². The van der Waals surface area contributed by atoms with Gasteiger partial charge in [-0.25, -0.2) is 4.79 Å². The van der Waals surface area contributed by atoms with Crippen molar-refractivity contribution < 1.29 is 19.1 Å². The van der Waals surface area contributed by atoms with E-state index in [1.165, 1.54) is 0 Å². The van der Waals surface area contributed by atoms with Crippen LogP contribution in [0.1, 0.15) is 29.8 Å². The van der Waals surface area contributed by atoms with E-state index >= 15 is 0 Å². The zero-order valence-corrected chi connectivity index (χ0v) is 15.1. The molecule has 1 saturated heterocycles. The largest absolute Gasteiger partial charge is 0.383 e. The van der Waals surface area contributed by atoms with Crippen LogP contribution in [-0.4, -0.2) is 58.8 Å². The van der Waals surface area contributed by atoms with E-state index in [4.69, 9.17) is 4.74 Å². The Bertz CT molecular complexity index is 670. The highest BCUT2D eigenvalue weighted by Gasteiger charge is 2.30. The minimum Gasteiger partial charge on any atom is -0.383 e. The topological polar surface area (TPSA) is 106 Å². The summed E-state index contributed by atoms with van der Waals surface area (Å²) in [6.45, 7) is 4.99. The molecule has 0 aromatic carbocycles. The first-order valence-corrected chi connectivity index (χ1v) is 8.20. The zero-order valence-electron chi connectivity index (χ0n) is 15.1. The second-order valence-electron chi connectivity index (χ2n) is 6.14. The van der Waals surface area contributed by atoms with Crippen molar-refractivity contribution in [2.75, 3.05) is 20.3 Å². The van der Waals surface area contributed by atoms with Gasteiger partial charge in [0.05, 0.1) is 12.3 Å².